The summed E-state index contributed by atoms with van der Waals surface area (Å²) in [5, 5.41) is 28.3. The van der Waals surface area contributed by atoms with Gasteiger partial charge in [-0.2, -0.15) is 4.73 Å². The van der Waals surface area contributed by atoms with Crippen LogP contribution >= 0.6 is 11.8 Å². The highest BCUT2D eigenvalue weighted by Gasteiger charge is 2.32. The molecule has 286 valence electrons. The number of unbranched alkanes of at least 4 members (excludes halogenated alkanes) is 3. The predicted octanol–water partition coefficient (Wildman–Crippen LogP) is 7.99. The summed E-state index contributed by atoms with van der Waals surface area (Å²) in [6.07, 6.45) is 5.27. The number of benzene rings is 4. The van der Waals surface area contributed by atoms with Crippen LogP contribution in [0.25, 0.3) is 11.1 Å². The first kappa shape index (κ1) is 39.5. The molecule has 1 aliphatic rings. The number of nitrogen functional groups attached to an aromatic ring is 1. The van der Waals surface area contributed by atoms with Crippen molar-refractivity contribution in [1.82, 2.24) is 5.32 Å². The Morgan fingerprint density at radius 3 is 2.25 bits per heavy atom. The highest BCUT2D eigenvalue weighted by Crippen LogP contribution is 2.39. The number of ether oxygens (including phenoxy) is 2. The summed E-state index contributed by atoms with van der Waals surface area (Å²) in [5.41, 5.74) is 12.9. The Morgan fingerprint density at radius 1 is 0.782 bits per heavy atom. The van der Waals surface area contributed by atoms with E-state index in [1.165, 1.54) is 18.0 Å². The van der Waals surface area contributed by atoms with Crippen molar-refractivity contribution in [2.45, 2.75) is 81.6 Å². The fourth-order valence-electron chi connectivity index (χ4n) is 6.46. The lowest BCUT2D eigenvalue weighted by atomic mass is 9.99. The van der Waals surface area contributed by atoms with Gasteiger partial charge in [0.05, 0.1) is 30.2 Å². The molecule has 0 bridgehead atoms. The quantitative estimate of drug-likeness (QED) is 0.0245. The average Bonchev–Trinajstić information content (AvgIpc) is 3.22. The second kappa shape index (κ2) is 19.9. The number of amides is 2. The van der Waals surface area contributed by atoms with Gasteiger partial charge in [0.25, 0.3) is 5.03 Å². The van der Waals surface area contributed by atoms with Crippen molar-refractivity contribution in [3.05, 3.63) is 149 Å². The van der Waals surface area contributed by atoms with Crippen molar-refractivity contribution >= 4 is 35.0 Å². The Kier molecular flexibility index (Phi) is 14.3. The molecule has 0 radical (unpaired) electrons. The molecule has 5 aromatic rings. The number of hydrogen-bond acceptors (Lipinski definition) is 8. The standard InChI is InChI=1S/C44H48N4O6S/c45-38-12-5-6-13-39(38)47-42(51)15-4-2-1-3-14-41(50)46-28-32-10-9-11-36(26-32)33-21-23-35(24-22-33)44-53-37(30-55-43-16-7-8-25-48(43)52)27-40(54-44)34-19-17-31(29-49)18-20-34/h5-13,16-26,37,40,44,49H,1-4,14-15,27-30,45H2,(H,46,50)(H,47,51). The number of nitrogens with zero attached hydrogens (tertiary/aromatic N) is 1. The molecule has 2 heterocycles. The van der Waals surface area contributed by atoms with Gasteiger partial charge in [0.1, 0.15) is 0 Å². The van der Waals surface area contributed by atoms with Crippen LogP contribution in [0.1, 0.15) is 79.6 Å². The maximum absolute atomic E-state index is 12.6. The summed E-state index contributed by atoms with van der Waals surface area (Å²) >= 11 is 1.46. The third-order valence-electron chi connectivity index (χ3n) is 9.55. The van der Waals surface area contributed by atoms with E-state index in [0.29, 0.717) is 48.0 Å². The molecule has 6 rings (SSSR count). The number of carbonyl (C=O) groups is 2. The van der Waals surface area contributed by atoms with Crippen molar-refractivity contribution in [1.29, 1.82) is 0 Å². The average molecular weight is 761 g/mol. The van der Waals surface area contributed by atoms with Crippen molar-refractivity contribution in [2.75, 3.05) is 16.8 Å². The van der Waals surface area contributed by atoms with Crippen LogP contribution in [0.2, 0.25) is 0 Å². The molecule has 0 saturated carbocycles. The normalized spacial score (nSPS) is 16.7. The van der Waals surface area contributed by atoms with Gasteiger partial charge in [0.15, 0.2) is 12.5 Å². The first-order chi connectivity index (χ1) is 26.8. The van der Waals surface area contributed by atoms with E-state index in [4.69, 9.17) is 15.2 Å². The Balaban J connectivity index is 0.984. The summed E-state index contributed by atoms with van der Waals surface area (Å²) in [6.45, 7) is 0.415. The van der Waals surface area contributed by atoms with Crippen LogP contribution in [0.5, 0.6) is 0 Å². The highest BCUT2D eigenvalue weighted by molar-refractivity contribution is 7.99. The number of carbonyl (C=O) groups excluding carboxylic acids is 2. The van der Waals surface area contributed by atoms with E-state index in [0.717, 1.165) is 63.8 Å². The topological polar surface area (TPSA) is 150 Å². The van der Waals surface area contributed by atoms with Crippen LogP contribution in [0.3, 0.4) is 0 Å². The van der Waals surface area contributed by atoms with E-state index < -0.39 is 6.29 Å². The largest absolute Gasteiger partial charge is 0.618 e. The minimum Gasteiger partial charge on any atom is -0.618 e. The second-order valence-electron chi connectivity index (χ2n) is 13.7. The zero-order chi connectivity index (χ0) is 38.4. The molecular formula is C44H48N4O6S. The number of aliphatic hydroxyl groups excluding tert-OH is 1. The highest BCUT2D eigenvalue weighted by atomic mass is 32.2. The fraction of sp³-hybridized carbons (Fsp3) is 0.295. The molecule has 1 saturated heterocycles. The van der Waals surface area contributed by atoms with E-state index in [9.17, 15) is 19.9 Å². The van der Waals surface area contributed by atoms with Crippen LogP contribution in [0, 0.1) is 5.21 Å². The Labute approximate surface area is 326 Å². The lowest BCUT2D eigenvalue weighted by molar-refractivity contribution is -0.645. The first-order valence-electron chi connectivity index (χ1n) is 18.8. The van der Waals surface area contributed by atoms with E-state index in [1.807, 2.05) is 84.9 Å². The number of nitrogens with one attached hydrogen (secondary N) is 2. The molecule has 1 fully saturated rings. The number of aliphatic hydroxyl groups is 1. The third-order valence-corrected chi connectivity index (χ3v) is 10.7. The second-order valence-corrected chi connectivity index (χ2v) is 14.7. The molecule has 3 atom stereocenters. The minimum atomic E-state index is -0.605. The molecule has 3 unspecified atom stereocenters. The fourth-order valence-corrected chi connectivity index (χ4v) is 7.39. The van der Waals surface area contributed by atoms with Gasteiger partial charge in [0, 0.05) is 49.3 Å². The van der Waals surface area contributed by atoms with E-state index in [1.54, 1.807) is 24.3 Å². The Morgan fingerprint density at radius 2 is 1.51 bits per heavy atom. The van der Waals surface area contributed by atoms with E-state index >= 15 is 0 Å². The number of pyridine rings is 1. The van der Waals surface area contributed by atoms with Crippen LogP contribution in [0.15, 0.2) is 126 Å². The summed E-state index contributed by atoms with van der Waals surface area (Å²) < 4.78 is 13.9. The zero-order valence-electron chi connectivity index (χ0n) is 30.8. The molecule has 5 N–H and O–H groups in total. The molecule has 2 amide bonds. The maximum Gasteiger partial charge on any atom is 0.251 e. The van der Waals surface area contributed by atoms with Gasteiger partial charge in [-0.25, -0.2) is 0 Å². The third kappa shape index (κ3) is 11.6. The molecule has 11 heteroatoms. The minimum absolute atomic E-state index is 0.00914. The van der Waals surface area contributed by atoms with E-state index in [-0.39, 0.29) is 30.6 Å². The number of nitrogens with two attached hydrogens (primary N) is 1. The first-order valence-corrected chi connectivity index (χ1v) is 19.7. The molecule has 0 aliphatic carbocycles. The van der Waals surface area contributed by atoms with Gasteiger partial charge in [0.2, 0.25) is 11.8 Å². The van der Waals surface area contributed by atoms with Crippen molar-refractivity contribution in [3.8, 4) is 11.1 Å². The lowest BCUT2D eigenvalue weighted by Gasteiger charge is -2.36. The van der Waals surface area contributed by atoms with Crippen LogP contribution in [-0.4, -0.2) is 28.8 Å². The summed E-state index contributed by atoms with van der Waals surface area (Å²) in [5.74, 6) is 0.542. The van der Waals surface area contributed by atoms with Gasteiger partial charge in [-0.1, -0.05) is 103 Å². The summed E-state index contributed by atoms with van der Waals surface area (Å²) in [7, 11) is 0. The van der Waals surface area contributed by atoms with Gasteiger partial charge in [-0.15, -0.1) is 0 Å². The molecule has 55 heavy (non-hydrogen) atoms. The van der Waals surface area contributed by atoms with Crippen molar-refractivity contribution in [2.24, 2.45) is 0 Å². The zero-order valence-corrected chi connectivity index (χ0v) is 31.6. The van der Waals surface area contributed by atoms with Gasteiger partial charge >= 0.3 is 0 Å². The van der Waals surface area contributed by atoms with Gasteiger partial charge < -0.3 is 36.2 Å². The number of para-hydroxylation sites is 2. The molecule has 1 aromatic heterocycles. The van der Waals surface area contributed by atoms with Crippen LogP contribution in [0.4, 0.5) is 11.4 Å². The van der Waals surface area contributed by atoms with Crippen LogP contribution < -0.4 is 21.1 Å². The summed E-state index contributed by atoms with van der Waals surface area (Å²) in [6, 6.07) is 36.6. The van der Waals surface area contributed by atoms with E-state index in [2.05, 4.69) is 16.7 Å². The lowest BCUT2D eigenvalue weighted by Crippen LogP contribution is -2.32. The summed E-state index contributed by atoms with van der Waals surface area (Å²) in [4.78, 5) is 24.8. The number of anilines is 2. The molecule has 1 aliphatic heterocycles. The smallest absolute Gasteiger partial charge is 0.251 e. The Hall–Kier alpha value is -5.20. The molecule has 4 aromatic carbocycles. The van der Waals surface area contributed by atoms with Crippen LogP contribution in [-0.2, 0) is 32.2 Å². The number of thioether (sulfide) groups is 1. The number of aromatic nitrogens is 1. The predicted molar refractivity (Wildman–Crippen MR) is 215 cm³/mol. The van der Waals surface area contributed by atoms with Gasteiger partial charge in [-0.3, -0.25) is 9.59 Å². The van der Waals surface area contributed by atoms with Gasteiger partial charge in [-0.05, 0) is 64.9 Å². The molecule has 10 nitrogen and oxygen atoms in total. The number of hydrogen-bond donors (Lipinski definition) is 4. The molecular weight excluding hydrogens is 713 g/mol. The Bertz CT molecular complexity index is 2010. The maximum atomic E-state index is 12.6. The molecule has 0 spiro atoms. The van der Waals surface area contributed by atoms with Crippen molar-refractivity contribution in [3.63, 3.8) is 0 Å². The monoisotopic (exact) mass is 760 g/mol. The number of rotatable bonds is 17. The van der Waals surface area contributed by atoms with Crippen molar-refractivity contribution < 1.29 is 28.9 Å². The SMILES string of the molecule is Nc1ccccc1NC(=O)CCCCCCC(=O)NCc1cccc(-c2ccc(C3OC(CSc4cccc[n+]4[O-])CC(c4ccc(CO)cc4)O3)cc2)c1.